The van der Waals surface area contributed by atoms with E-state index in [1.165, 1.54) is 6.20 Å². The molecule has 0 aliphatic carbocycles. The van der Waals surface area contributed by atoms with Crippen LogP contribution in [0, 0.1) is 6.92 Å². The number of aromatic amines is 1. The maximum Gasteiger partial charge on any atom is 0.244 e. The Kier molecular flexibility index (Phi) is 4.17. The molecule has 0 aliphatic heterocycles. The van der Waals surface area contributed by atoms with Crippen LogP contribution in [0.4, 0.5) is 0 Å². The molecule has 8 heteroatoms. The van der Waals surface area contributed by atoms with Crippen molar-refractivity contribution in [3.05, 3.63) is 47.3 Å². The van der Waals surface area contributed by atoms with Gasteiger partial charge in [0.2, 0.25) is 10.0 Å². The Labute approximate surface area is 122 Å². The van der Waals surface area contributed by atoms with Gasteiger partial charge in [-0.15, -0.1) is 0 Å². The molecular formula is C12H14N4O2S2. The van der Waals surface area contributed by atoms with Crippen molar-refractivity contribution >= 4 is 27.2 Å². The zero-order valence-corrected chi connectivity index (χ0v) is 12.4. The van der Waals surface area contributed by atoms with Crippen LogP contribution in [0.2, 0.25) is 0 Å². The van der Waals surface area contributed by atoms with Crippen LogP contribution < -0.4 is 10.5 Å². The standard InChI is InChI=1S/C12H14N4O2S2/c1-8-11(7-14-16-8)20(17,18)15-6-9-3-2-4-10(5-9)12(13)19/h2-5,7,15H,6H2,1H3,(H2,13,19)(H,14,16). The van der Waals surface area contributed by atoms with Gasteiger partial charge >= 0.3 is 0 Å². The molecule has 0 amide bonds. The third-order valence-electron chi connectivity index (χ3n) is 2.75. The molecule has 0 radical (unpaired) electrons. The van der Waals surface area contributed by atoms with Gasteiger partial charge in [-0.3, -0.25) is 5.10 Å². The Bertz CT molecular complexity index is 737. The molecule has 0 unspecified atom stereocenters. The van der Waals surface area contributed by atoms with Gasteiger partial charge in [0.15, 0.2) is 0 Å². The first-order valence-electron chi connectivity index (χ1n) is 5.78. The molecule has 106 valence electrons. The highest BCUT2D eigenvalue weighted by Crippen LogP contribution is 2.12. The second-order valence-corrected chi connectivity index (χ2v) is 6.42. The van der Waals surface area contributed by atoms with Gasteiger partial charge in [0.25, 0.3) is 0 Å². The topological polar surface area (TPSA) is 101 Å². The van der Waals surface area contributed by atoms with E-state index >= 15 is 0 Å². The van der Waals surface area contributed by atoms with E-state index in [2.05, 4.69) is 14.9 Å². The summed E-state index contributed by atoms with van der Waals surface area (Å²) in [6, 6.07) is 7.11. The molecule has 0 aliphatic rings. The third-order valence-corrected chi connectivity index (χ3v) is 4.50. The number of benzene rings is 1. The highest BCUT2D eigenvalue weighted by molar-refractivity contribution is 7.89. The molecule has 20 heavy (non-hydrogen) atoms. The number of hydrogen-bond donors (Lipinski definition) is 3. The summed E-state index contributed by atoms with van der Waals surface area (Å²) in [4.78, 5) is 0.420. The predicted molar refractivity (Wildman–Crippen MR) is 79.7 cm³/mol. The van der Waals surface area contributed by atoms with E-state index in [0.717, 1.165) is 5.56 Å². The predicted octanol–water partition coefficient (Wildman–Crippen LogP) is 0.831. The Morgan fingerprint density at radius 3 is 2.85 bits per heavy atom. The monoisotopic (exact) mass is 310 g/mol. The number of nitrogens with two attached hydrogens (primary N) is 1. The first kappa shape index (κ1) is 14.6. The molecule has 0 atom stereocenters. The minimum absolute atomic E-state index is 0.142. The van der Waals surface area contributed by atoms with Crippen molar-refractivity contribution < 1.29 is 8.42 Å². The van der Waals surface area contributed by atoms with Gasteiger partial charge in [-0.2, -0.15) is 5.10 Å². The molecule has 0 saturated heterocycles. The van der Waals surface area contributed by atoms with Crippen molar-refractivity contribution in [1.82, 2.24) is 14.9 Å². The van der Waals surface area contributed by atoms with Crippen molar-refractivity contribution in [2.24, 2.45) is 5.73 Å². The van der Waals surface area contributed by atoms with Gasteiger partial charge in [0.05, 0.1) is 11.9 Å². The summed E-state index contributed by atoms with van der Waals surface area (Å²) >= 11 is 4.89. The zero-order valence-electron chi connectivity index (χ0n) is 10.8. The number of nitrogens with zero attached hydrogens (tertiary/aromatic N) is 1. The summed E-state index contributed by atoms with van der Waals surface area (Å²) in [5, 5.41) is 6.30. The molecule has 1 aromatic carbocycles. The first-order chi connectivity index (χ1) is 9.40. The second-order valence-electron chi connectivity index (χ2n) is 4.25. The highest BCUT2D eigenvalue weighted by atomic mass is 32.2. The lowest BCUT2D eigenvalue weighted by Gasteiger charge is -2.07. The quantitative estimate of drug-likeness (QED) is 0.710. The fourth-order valence-corrected chi connectivity index (χ4v) is 2.98. The van der Waals surface area contributed by atoms with Gasteiger partial charge < -0.3 is 5.73 Å². The van der Waals surface area contributed by atoms with Crippen molar-refractivity contribution in [2.75, 3.05) is 0 Å². The average molecular weight is 310 g/mol. The summed E-state index contributed by atoms with van der Waals surface area (Å²) in [6.07, 6.45) is 1.28. The van der Waals surface area contributed by atoms with Crippen molar-refractivity contribution in [2.45, 2.75) is 18.4 Å². The molecule has 1 aromatic heterocycles. The van der Waals surface area contributed by atoms with Crippen molar-refractivity contribution in [1.29, 1.82) is 0 Å². The number of aromatic nitrogens is 2. The van der Waals surface area contributed by atoms with Crippen LogP contribution >= 0.6 is 12.2 Å². The third kappa shape index (κ3) is 3.21. The molecule has 0 bridgehead atoms. The summed E-state index contributed by atoms with van der Waals surface area (Å²) in [7, 11) is -3.59. The SMILES string of the molecule is Cc1[nH]ncc1S(=O)(=O)NCc1cccc(C(N)=S)c1. The van der Waals surface area contributed by atoms with Crippen molar-refractivity contribution in [3.8, 4) is 0 Å². The highest BCUT2D eigenvalue weighted by Gasteiger charge is 2.18. The summed E-state index contributed by atoms with van der Waals surface area (Å²) in [6.45, 7) is 1.80. The lowest BCUT2D eigenvalue weighted by Crippen LogP contribution is -2.23. The number of sulfonamides is 1. The van der Waals surface area contributed by atoms with Crippen LogP contribution in [-0.4, -0.2) is 23.6 Å². The average Bonchev–Trinajstić information content (AvgIpc) is 2.84. The zero-order chi connectivity index (χ0) is 14.8. The van der Waals surface area contributed by atoms with Gasteiger partial charge in [0.1, 0.15) is 9.88 Å². The normalized spacial score (nSPS) is 11.4. The molecule has 0 spiro atoms. The largest absolute Gasteiger partial charge is 0.389 e. The lowest BCUT2D eigenvalue weighted by atomic mass is 10.1. The van der Waals surface area contributed by atoms with Gasteiger partial charge in [-0.1, -0.05) is 30.4 Å². The number of rotatable bonds is 5. The van der Waals surface area contributed by atoms with E-state index in [-0.39, 0.29) is 16.4 Å². The Balaban J connectivity index is 2.15. The maximum absolute atomic E-state index is 12.1. The Morgan fingerprint density at radius 2 is 2.25 bits per heavy atom. The molecular weight excluding hydrogens is 296 g/mol. The molecule has 0 saturated carbocycles. The van der Waals surface area contributed by atoms with Crippen LogP contribution in [-0.2, 0) is 16.6 Å². The van der Waals surface area contributed by atoms with Crippen molar-refractivity contribution in [3.63, 3.8) is 0 Å². The summed E-state index contributed by atoms with van der Waals surface area (Å²) < 4.78 is 26.7. The Morgan fingerprint density at radius 1 is 1.50 bits per heavy atom. The smallest absolute Gasteiger partial charge is 0.244 e. The van der Waals surface area contributed by atoms with E-state index in [4.69, 9.17) is 18.0 Å². The number of nitrogens with one attached hydrogen (secondary N) is 2. The van der Waals surface area contributed by atoms with E-state index in [1.807, 2.05) is 0 Å². The molecule has 2 rings (SSSR count). The molecule has 6 nitrogen and oxygen atoms in total. The molecule has 1 heterocycles. The number of thiocarbonyl (C=S) groups is 1. The molecule has 2 aromatic rings. The van der Waals surface area contributed by atoms with Crippen LogP contribution in [0.3, 0.4) is 0 Å². The second kappa shape index (κ2) is 5.70. The maximum atomic E-state index is 12.1. The van der Waals surface area contributed by atoms with Gasteiger partial charge in [0, 0.05) is 12.1 Å². The van der Waals surface area contributed by atoms with Crippen LogP contribution in [0.5, 0.6) is 0 Å². The minimum Gasteiger partial charge on any atom is -0.389 e. The fraction of sp³-hybridized carbons (Fsp3) is 0.167. The van der Waals surface area contributed by atoms with E-state index < -0.39 is 10.0 Å². The van der Waals surface area contributed by atoms with E-state index in [0.29, 0.717) is 11.3 Å². The summed E-state index contributed by atoms with van der Waals surface area (Å²) in [5.74, 6) is 0. The fourth-order valence-electron chi connectivity index (χ4n) is 1.70. The molecule has 4 N–H and O–H groups in total. The van der Waals surface area contributed by atoms with E-state index in [1.54, 1.807) is 31.2 Å². The Hall–Kier alpha value is -1.77. The van der Waals surface area contributed by atoms with E-state index in [9.17, 15) is 8.42 Å². The summed E-state index contributed by atoms with van der Waals surface area (Å²) in [5.41, 5.74) is 7.52. The van der Waals surface area contributed by atoms with Crippen LogP contribution in [0.25, 0.3) is 0 Å². The van der Waals surface area contributed by atoms with Gasteiger partial charge in [-0.25, -0.2) is 13.1 Å². The van der Waals surface area contributed by atoms with Crippen LogP contribution in [0.1, 0.15) is 16.8 Å². The number of hydrogen-bond acceptors (Lipinski definition) is 4. The van der Waals surface area contributed by atoms with Crippen LogP contribution in [0.15, 0.2) is 35.4 Å². The van der Waals surface area contributed by atoms with Gasteiger partial charge in [-0.05, 0) is 18.6 Å². The first-order valence-corrected chi connectivity index (χ1v) is 7.67. The number of aryl methyl sites for hydroxylation is 1. The number of H-pyrrole nitrogens is 1. The minimum atomic E-state index is -3.59. The molecule has 0 fully saturated rings. The lowest BCUT2D eigenvalue weighted by molar-refractivity contribution is 0.581.